The first-order valence-electron chi connectivity index (χ1n) is 3.91. The first-order valence-corrected chi connectivity index (χ1v) is 3.91. The molecule has 0 aliphatic rings. The van der Waals surface area contributed by atoms with Crippen molar-refractivity contribution in [2.45, 2.75) is 18.9 Å². The summed E-state index contributed by atoms with van der Waals surface area (Å²) >= 11 is 0. The minimum atomic E-state index is -1.19. The molecule has 0 heterocycles. The van der Waals surface area contributed by atoms with Crippen LogP contribution in [0.4, 0.5) is 4.39 Å². The lowest BCUT2D eigenvalue weighted by molar-refractivity contribution is 0.0624. The molecule has 0 spiro atoms. The highest BCUT2D eigenvalue weighted by Crippen LogP contribution is 2.23. The summed E-state index contributed by atoms with van der Waals surface area (Å²) in [5.74, 6) is -0.350. The third kappa shape index (κ3) is 2.27. The van der Waals surface area contributed by atoms with Gasteiger partial charge in [-0.3, -0.25) is 0 Å². The second-order valence-corrected chi connectivity index (χ2v) is 3.12. The van der Waals surface area contributed by atoms with Crippen molar-refractivity contribution in [3.63, 3.8) is 0 Å². The second-order valence-electron chi connectivity index (χ2n) is 3.12. The van der Waals surface area contributed by atoms with Crippen molar-refractivity contribution in [1.29, 1.82) is 5.26 Å². The van der Waals surface area contributed by atoms with E-state index in [1.165, 1.54) is 31.2 Å². The van der Waals surface area contributed by atoms with Gasteiger partial charge in [-0.1, -0.05) is 12.1 Å². The Morgan fingerprint density at radius 3 is 2.46 bits per heavy atom. The molecular formula is C10H10FNO. The first kappa shape index (κ1) is 9.69. The molecule has 13 heavy (non-hydrogen) atoms. The number of aliphatic hydroxyl groups is 1. The summed E-state index contributed by atoms with van der Waals surface area (Å²) in [5, 5.41) is 18.2. The molecule has 2 nitrogen and oxygen atoms in total. The van der Waals surface area contributed by atoms with Crippen molar-refractivity contribution < 1.29 is 9.50 Å². The number of rotatable bonds is 2. The molecule has 1 unspecified atom stereocenters. The van der Waals surface area contributed by atoms with Crippen molar-refractivity contribution in [3.05, 3.63) is 35.6 Å². The average molecular weight is 179 g/mol. The molecule has 0 aliphatic carbocycles. The molecule has 68 valence electrons. The van der Waals surface area contributed by atoms with Gasteiger partial charge in [-0.2, -0.15) is 5.26 Å². The van der Waals surface area contributed by atoms with E-state index in [-0.39, 0.29) is 12.2 Å². The lowest BCUT2D eigenvalue weighted by Gasteiger charge is -2.19. The van der Waals surface area contributed by atoms with Gasteiger partial charge in [-0.05, 0) is 24.6 Å². The fourth-order valence-electron chi connectivity index (χ4n) is 1.06. The Morgan fingerprint density at radius 2 is 2.00 bits per heavy atom. The molecule has 0 radical (unpaired) electrons. The van der Waals surface area contributed by atoms with Gasteiger partial charge < -0.3 is 5.11 Å². The number of hydrogen-bond acceptors (Lipinski definition) is 2. The lowest BCUT2D eigenvalue weighted by Crippen LogP contribution is -2.19. The minimum Gasteiger partial charge on any atom is -0.384 e. The van der Waals surface area contributed by atoms with Crippen molar-refractivity contribution in [2.75, 3.05) is 0 Å². The van der Waals surface area contributed by atoms with Gasteiger partial charge in [0, 0.05) is 0 Å². The highest BCUT2D eigenvalue weighted by Gasteiger charge is 2.22. The molecule has 3 heteroatoms. The standard InChI is InChI=1S/C10H10FNO/c1-10(13,6-7-12)8-2-4-9(11)5-3-8/h2-5,13H,6H2,1H3. The van der Waals surface area contributed by atoms with Gasteiger partial charge in [0.1, 0.15) is 5.82 Å². The Bertz CT molecular complexity index is 324. The number of hydrogen-bond donors (Lipinski definition) is 1. The van der Waals surface area contributed by atoms with Crippen LogP contribution in [-0.2, 0) is 5.60 Å². The van der Waals surface area contributed by atoms with Crippen LogP contribution in [-0.4, -0.2) is 5.11 Å². The van der Waals surface area contributed by atoms with Crippen molar-refractivity contribution >= 4 is 0 Å². The fraction of sp³-hybridized carbons (Fsp3) is 0.300. The molecule has 0 fully saturated rings. The van der Waals surface area contributed by atoms with Gasteiger partial charge in [-0.25, -0.2) is 4.39 Å². The maximum absolute atomic E-state index is 12.5. The Labute approximate surface area is 76.2 Å². The maximum atomic E-state index is 12.5. The van der Waals surface area contributed by atoms with Gasteiger partial charge in [0.25, 0.3) is 0 Å². The second kappa shape index (κ2) is 3.55. The van der Waals surface area contributed by atoms with Gasteiger partial charge in [0.2, 0.25) is 0 Å². The third-order valence-electron chi connectivity index (χ3n) is 1.89. The zero-order valence-corrected chi connectivity index (χ0v) is 7.29. The summed E-state index contributed by atoms with van der Waals surface area (Å²) in [4.78, 5) is 0. The minimum absolute atomic E-state index is 0.00136. The Kier molecular flexibility index (Phi) is 2.64. The third-order valence-corrected chi connectivity index (χ3v) is 1.89. The first-order chi connectivity index (χ1) is 6.06. The molecule has 0 amide bonds. The quantitative estimate of drug-likeness (QED) is 0.754. The highest BCUT2D eigenvalue weighted by molar-refractivity contribution is 5.23. The van der Waals surface area contributed by atoms with E-state index < -0.39 is 5.60 Å². The molecule has 1 aromatic rings. The van der Waals surface area contributed by atoms with E-state index in [1.807, 2.05) is 6.07 Å². The lowest BCUT2D eigenvalue weighted by atomic mass is 9.93. The van der Waals surface area contributed by atoms with Crippen LogP contribution in [0.25, 0.3) is 0 Å². The van der Waals surface area contributed by atoms with Crippen LogP contribution >= 0.6 is 0 Å². The molecular weight excluding hydrogens is 169 g/mol. The van der Waals surface area contributed by atoms with Gasteiger partial charge in [0.05, 0.1) is 18.1 Å². The molecule has 0 bridgehead atoms. The largest absolute Gasteiger partial charge is 0.384 e. The van der Waals surface area contributed by atoms with E-state index in [0.29, 0.717) is 5.56 Å². The van der Waals surface area contributed by atoms with Crippen LogP contribution < -0.4 is 0 Å². The average Bonchev–Trinajstić information content (AvgIpc) is 2.05. The van der Waals surface area contributed by atoms with Crippen LogP contribution in [0, 0.1) is 17.1 Å². The van der Waals surface area contributed by atoms with E-state index in [1.54, 1.807) is 0 Å². The normalized spacial score (nSPS) is 14.6. The van der Waals surface area contributed by atoms with Crippen LogP contribution in [0.2, 0.25) is 0 Å². The molecule has 1 aromatic carbocycles. The smallest absolute Gasteiger partial charge is 0.123 e. The van der Waals surface area contributed by atoms with E-state index in [9.17, 15) is 9.50 Å². The van der Waals surface area contributed by atoms with Crippen molar-refractivity contribution in [1.82, 2.24) is 0 Å². The molecule has 1 rings (SSSR count). The molecule has 1 N–H and O–H groups in total. The number of benzene rings is 1. The van der Waals surface area contributed by atoms with Gasteiger partial charge in [-0.15, -0.1) is 0 Å². The van der Waals surface area contributed by atoms with Crippen molar-refractivity contribution in [3.8, 4) is 6.07 Å². The van der Waals surface area contributed by atoms with Crippen LogP contribution in [0.1, 0.15) is 18.9 Å². The Morgan fingerprint density at radius 1 is 1.46 bits per heavy atom. The SMILES string of the molecule is CC(O)(CC#N)c1ccc(F)cc1. The number of nitrogens with zero attached hydrogens (tertiary/aromatic N) is 1. The van der Waals surface area contributed by atoms with Crippen LogP contribution in [0.15, 0.2) is 24.3 Å². The predicted octanol–water partition coefficient (Wildman–Crippen LogP) is 1.95. The molecule has 0 aromatic heterocycles. The van der Waals surface area contributed by atoms with Gasteiger partial charge >= 0.3 is 0 Å². The summed E-state index contributed by atoms with van der Waals surface area (Å²) in [7, 11) is 0. The Balaban J connectivity index is 2.95. The van der Waals surface area contributed by atoms with Crippen LogP contribution in [0.5, 0.6) is 0 Å². The molecule has 0 saturated heterocycles. The number of nitriles is 1. The predicted molar refractivity (Wildman–Crippen MR) is 46.2 cm³/mol. The zero-order chi connectivity index (χ0) is 9.90. The monoisotopic (exact) mass is 179 g/mol. The molecule has 1 atom stereocenters. The van der Waals surface area contributed by atoms with Crippen molar-refractivity contribution in [2.24, 2.45) is 0 Å². The summed E-state index contributed by atoms with van der Waals surface area (Å²) in [6.45, 7) is 1.53. The fourth-order valence-corrected chi connectivity index (χ4v) is 1.06. The maximum Gasteiger partial charge on any atom is 0.123 e. The zero-order valence-electron chi connectivity index (χ0n) is 7.29. The summed E-state index contributed by atoms with van der Waals surface area (Å²) in [5.41, 5.74) is -0.641. The highest BCUT2D eigenvalue weighted by atomic mass is 19.1. The van der Waals surface area contributed by atoms with E-state index in [4.69, 9.17) is 5.26 Å². The summed E-state index contributed by atoms with van der Waals surface area (Å²) < 4.78 is 12.5. The molecule has 0 saturated carbocycles. The molecule has 0 aliphatic heterocycles. The summed E-state index contributed by atoms with van der Waals surface area (Å²) in [6, 6.07) is 7.37. The van der Waals surface area contributed by atoms with Gasteiger partial charge in [0.15, 0.2) is 0 Å². The van der Waals surface area contributed by atoms with E-state index >= 15 is 0 Å². The van der Waals surface area contributed by atoms with E-state index in [0.717, 1.165) is 0 Å². The number of halogens is 1. The van der Waals surface area contributed by atoms with E-state index in [2.05, 4.69) is 0 Å². The Hall–Kier alpha value is -1.40. The summed E-state index contributed by atoms with van der Waals surface area (Å²) in [6.07, 6.45) is -0.00136. The van der Waals surface area contributed by atoms with Crippen LogP contribution in [0.3, 0.4) is 0 Å². The topological polar surface area (TPSA) is 44.0 Å².